The molecule has 0 spiro atoms. The Morgan fingerprint density at radius 1 is 1.26 bits per heavy atom. The van der Waals surface area contributed by atoms with Crippen LogP contribution in [0.5, 0.6) is 0 Å². The lowest BCUT2D eigenvalue weighted by molar-refractivity contribution is 0.197. The molecule has 0 heterocycles. The first-order valence-corrected chi connectivity index (χ1v) is 7.89. The maximum atomic E-state index is 6.78. The molecule has 1 aliphatic carbocycles. The average Bonchev–Trinajstić information content (AvgIpc) is 2.46. The lowest BCUT2D eigenvalue weighted by Gasteiger charge is -2.45. The largest absolute Gasteiger partial charge is 0.321 e. The summed E-state index contributed by atoms with van der Waals surface area (Å²) in [7, 11) is 0. The third-order valence-electron chi connectivity index (χ3n) is 4.96. The molecule has 19 heavy (non-hydrogen) atoms. The van der Waals surface area contributed by atoms with Gasteiger partial charge in [-0.1, -0.05) is 72.2 Å². The number of nitrogens with two attached hydrogens (primary N) is 1. The smallest absolute Gasteiger partial charge is 0.0441 e. The fraction of sp³-hybridized carbons (Fsp3) is 0.667. The zero-order chi connectivity index (χ0) is 14.6. The highest BCUT2D eigenvalue weighted by molar-refractivity contribution is 5.39. The average molecular weight is 261 g/mol. The predicted octanol–water partition coefficient (Wildman–Crippen LogP) is 5.06. The molecule has 1 aromatic rings. The van der Waals surface area contributed by atoms with Crippen molar-refractivity contribution >= 4 is 0 Å². The van der Waals surface area contributed by atoms with Gasteiger partial charge in [-0.15, -0.1) is 0 Å². The first-order valence-electron chi connectivity index (χ1n) is 7.89. The molecule has 2 N–H and O–H groups in total. The maximum Gasteiger partial charge on any atom is 0.0441 e. The second-order valence-electron chi connectivity index (χ2n) is 5.91. The van der Waals surface area contributed by atoms with Gasteiger partial charge in [-0.05, 0) is 35.3 Å². The maximum absolute atomic E-state index is 6.78. The molecule has 0 saturated carbocycles. The van der Waals surface area contributed by atoms with E-state index in [0.29, 0.717) is 17.8 Å². The highest BCUT2D eigenvalue weighted by Gasteiger charge is 2.41. The van der Waals surface area contributed by atoms with Gasteiger partial charge >= 0.3 is 0 Å². The monoisotopic (exact) mass is 261 g/mol. The van der Waals surface area contributed by atoms with Crippen molar-refractivity contribution in [3.05, 3.63) is 35.4 Å². The molecule has 1 nitrogen and oxygen atoms in total. The van der Waals surface area contributed by atoms with Crippen molar-refractivity contribution in [3.63, 3.8) is 0 Å². The molecule has 2 rings (SSSR count). The van der Waals surface area contributed by atoms with Gasteiger partial charge in [0.15, 0.2) is 0 Å². The number of benzene rings is 1. The Labute approximate surface area is 119 Å². The van der Waals surface area contributed by atoms with Crippen molar-refractivity contribution in [2.75, 3.05) is 0 Å². The molecule has 0 bridgehead atoms. The lowest BCUT2D eigenvalue weighted by Crippen LogP contribution is -2.48. The van der Waals surface area contributed by atoms with E-state index < -0.39 is 0 Å². The van der Waals surface area contributed by atoms with E-state index >= 15 is 0 Å². The van der Waals surface area contributed by atoms with Crippen LogP contribution in [0, 0.1) is 11.8 Å². The molecular formula is C18H31N. The highest BCUT2D eigenvalue weighted by atomic mass is 14.8. The fourth-order valence-electron chi connectivity index (χ4n) is 3.27. The van der Waals surface area contributed by atoms with Crippen LogP contribution in [-0.4, -0.2) is 0 Å². The van der Waals surface area contributed by atoms with Crippen molar-refractivity contribution in [1.29, 1.82) is 0 Å². The molecule has 108 valence electrons. The molecule has 0 radical (unpaired) electrons. The summed E-state index contributed by atoms with van der Waals surface area (Å²) in [6.45, 7) is 13.2. The van der Waals surface area contributed by atoms with E-state index in [1.807, 2.05) is 13.8 Å². The summed E-state index contributed by atoms with van der Waals surface area (Å²) in [5.41, 5.74) is 9.51. The Morgan fingerprint density at radius 2 is 1.84 bits per heavy atom. The zero-order valence-electron chi connectivity index (χ0n) is 13.5. The minimum atomic E-state index is -0.128. The summed E-state index contributed by atoms with van der Waals surface area (Å²) in [4.78, 5) is 0. The second-order valence-corrected chi connectivity index (χ2v) is 5.91. The standard InChI is InChI=1S/C16H25N.C2H6/c1-5-12(3)16(17)10-11(2)13(4)14-8-6-7-9-15(14)16;1-2/h6-9,11-13H,5,10,17H2,1-4H3;1-2H3. The van der Waals surface area contributed by atoms with Crippen LogP contribution in [0.2, 0.25) is 0 Å². The van der Waals surface area contributed by atoms with Crippen LogP contribution in [-0.2, 0) is 5.54 Å². The predicted molar refractivity (Wildman–Crippen MR) is 85.3 cm³/mol. The summed E-state index contributed by atoms with van der Waals surface area (Å²) in [5, 5.41) is 0. The molecule has 1 aromatic carbocycles. The van der Waals surface area contributed by atoms with Gasteiger partial charge in [-0.25, -0.2) is 0 Å². The van der Waals surface area contributed by atoms with E-state index in [4.69, 9.17) is 5.73 Å². The molecule has 0 amide bonds. The van der Waals surface area contributed by atoms with Crippen molar-refractivity contribution in [3.8, 4) is 0 Å². The first kappa shape index (κ1) is 16.2. The zero-order valence-corrected chi connectivity index (χ0v) is 13.5. The second kappa shape index (κ2) is 6.56. The third kappa shape index (κ3) is 2.86. The molecule has 0 saturated heterocycles. The van der Waals surface area contributed by atoms with Crippen LogP contribution in [0.4, 0.5) is 0 Å². The fourth-order valence-corrected chi connectivity index (χ4v) is 3.27. The molecule has 1 aliphatic rings. The van der Waals surface area contributed by atoms with Gasteiger partial charge in [0.1, 0.15) is 0 Å². The number of fused-ring (bicyclic) bond motifs is 1. The first-order chi connectivity index (χ1) is 9.00. The van der Waals surface area contributed by atoms with Gasteiger partial charge in [0, 0.05) is 5.54 Å². The minimum Gasteiger partial charge on any atom is -0.321 e. The SMILES string of the molecule is CC.CCC(C)C1(N)CC(C)C(C)c2ccccc21. The highest BCUT2D eigenvalue weighted by Crippen LogP contribution is 2.47. The van der Waals surface area contributed by atoms with Crippen molar-refractivity contribution in [1.82, 2.24) is 0 Å². The Kier molecular flexibility index (Phi) is 5.61. The molecular weight excluding hydrogens is 230 g/mol. The van der Waals surface area contributed by atoms with Crippen LogP contribution in [0.3, 0.4) is 0 Å². The van der Waals surface area contributed by atoms with E-state index in [9.17, 15) is 0 Å². The molecule has 4 unspecified atom stereocenters. The van der Waals surface area contributed by atoms with Gasteiger partial charge in [-0.2, -0.15) is 0 Å². The van der Waals surface area contributed by atoms with Crippen molar-refractivity contribution in [2.45, 2.75) is 65.8 Å². The van der Waals surface area contributed by atoms with E-state index in [-0.39, 0.29) is 5.54 Å². The van der Waals surface area contributed by atoms with Crippen LogP contribution < -0.4 is 5.73 Å². The van der Waals surface area contributed by atoms with Crippen molar-refractivity contribution < 1.29 is 0 Å². The lowest BCUT2D eigenvalue weighted by atomic mass is 9.63. The van der Waals surface area contributed by atoms with Crippen LogP contribution in [0.15, 0.2) is 24.3 Å². The summed E-state index contributed by atoms with van der Waals surface area (Å²) >= 11 is 0. The third-order valence-corrected chi connectivity index (χ3v) is 4.96. The van der Waals surface area contributed by atoms with Gasteiger partial charge < -0.3 is 5.73 Å². The van der Waals surface area contributed by atoms with E-state index in [0.717, 1.165) is 12.8 Å². The van der Waals surface area contributed by atoms with Gasteiger partial charge in [0.2, 0.25) is 0 Å². The van der Waals surface area contributed by atoms with E-state index in [2.05, 4.69) is 52.0 Å². The Bertz CT molecular complexity index is 398. The molecule has 0 fully saturated rings. The Hall–Kier alpha value is -0.820. The molecule has 0 aliphatic heterocycles. The van der Waals surface area contributed by atoms with Gasteiger partial charge in [0.05, 0.1) is 0 Å². The van der Waals surface area contributed by atoms with Crippen molar-refractivity contribution in [2.24, 2.45) is 17.6 Å². The summed E-state index contributed by atoms with van der Waals surface area (Å²) in [6.07, 6.45) is 2.26. The van der Waals surface area contributed by atoms with Crippen LogP contribution >= 0.6 is 0 Å². The topological polar surface area (TPSA) is 26.0 Å². The van der Waals surface area contributed by atoms with E-state index in [1.165, 1.54) is 11.1 Å². The van der Waals surface area contributed by atoms with E-state index in [1.54, 1.807) is 0 Å². The Morgan fingerprint density at radius 3 is 2.42 bits per heavy atom. The van der Waals surface area contributed by atoms with Gasteiger partial charge in [-0.3, -0.25) is 0 Å². The summed E-state index contributed by atoms with van der Waals surface area (Å²) in [6, 6.07) is 8.78. The number of rotatable bonds is 2. The Balaban J connectivity index is 0.000000861. The molecule has 1 heteroatoms. The minimum absolute atomic E-state index is 0.128. The summed E-state index contributed by atoms with van der Waals surface area (Å²) in [5.74, 6) is 1.84. The number of hydrogen-bond donors (Lipinski definition) is 1. The molecule has 0 aromatic heterocycles. The number of hydrogen-bond acceptors (Lipinski definition) is 1. The summed E-state index contributed by atoms with van der Waals surface area (Å²) < 4.78 is 0. The van der Waals surface area contributed by atoms with Gasteiger partial charge in [0.25, 0.3) is 0 Å². The quantitative estimate of drug-likeness (QED) is 0.791. The molecule has 4 atom stereocenters. The van der Waals surface area contributed by atoms with Crippen LogP contribution in [0.25, 0.3) is 0 Å². The normalized spacial score (nSPS) is 30.9. The van der Waals surface area contributed by atoms with Crippen LogP contribution in [0.1, 0.15) is 71.4 Å².